The van der Waals surface area contributed by atoms with Gasteiger partial charge in [-0.1, -0.05) is 30.3 Å². The number of aliphatic hydroxyl groups excluding tert-OH is 1. The minimum Gasteiger partial charge on any atom is -0.444 e. The van der Waals surface area contributed by atoms with Crippen molar-refractivity contribution in [2.45, 2.75) is 76.2 Å². The maximum absolute atomic E-state index is 14.1. The number of fused-ring (bicyclic) bond motifs is 1. The van der Waals surface area contributed by atoms with Crippen LogP contribution in [0.4, 0.5) is 4.79 Å². The highest BCUT2D eigenvalue weighted by Crippen LogP contribution is 2.34. The standard InChI is InChI=1S/C39H59N7O14/c1-39(2,3)60-38(54)45(4)22-30(48)42-34-27(23-47)10-11-28-12-13-29(46(28)37(34)53)35(51)43-33(26-8-6-5-7-9-26)36(52)41-15-17-57-19-21-58-20-18-56-16-14-40-31(49)24-59-25-32(50)44-55/h5-9,27-29,33-34,47H,10-25H2,1-4H3,(H,40,49)(H,41,52)(H,42,48)(H,43,51)/t27-,28+,29+,33+,34+/m1/s1. The van der Waals surface area contributed by atoms with Gasteiger partial charge in [0.25, 0.3) is 0 Å². The van der Waals surface area contributed by atoms with Gasteiger partial charge in [0.2, 0.25) is 29.5 Å². The predicted molar refractivity (Wildman–Crippen MR) is 212 cm³/mol. The van der Waals surface area contributed by atoms with E-state index in [1.54, 1.807) is 51.1 Å². The Kier molecular flexibility index (Phi) is 21.0. The molecule has 2 aliphatic rings. The van der Waals surface area contributed by atoms with E-state index < -0.39 is 84.3 Å². The lowest BCUT2D eigenvalue weighted by molar-refractivity contribution is -0.144. The molecule has 2 fully saturated rings. The number of nitrogens with one attached hydrogen (secondary N) is 4. The molecule has 2 saturated heterocycles. The molecule has 0 aromatic heterocycles. The third-order valence-corrected chi connectivity index (χ3v) is 9.41. The molecule has 1 aromatic carbocycles. The zero-order valence-electron chi connectivity index (χ0n) is 34.7. The van der Waals surface area contributed by atoms with Crippen LogP contribution in [0.15, 0.2) is 35.5 Å². The fraction of sp³-hybridized carbons (Fsp3) is 0.667. The summed E-state index contributed by atoms with van der Waals surface area (Å²) in [5, 5.41) is 23.2. The van der Waals surface area contributed by atoms with Gasteiger partial charge in [0.05, 0.1) is 39.6 Å². The number of carbonyl (C=O) groups is 7. The number of hydrogen-bond acceptors (Lipinski definition) is 14. The normalized spacial score (nSPS) is 19.3. The molecule has 0 radical (unpaired) electrons. The molecular weight excluding hydrogens is 790 g/mol. The predicted octanol–water partition coefficient (Wildman–Crippen LogP) is -0.451. The average molecular weight is 850 g/mol. The molecular formula is C39H59N7O14. The van der Waals surface area contributed by atoms with Crippen LogP contribution in [0, 0.1) is 10.8 Å². The third-order valence-electron chi connectivity index (χ3n) is 9.41. The molecule has 21 heteroatoms. The summed E-state index contributed by atoms with van der Waals surface area (Å²) in [6.45, 7) is 5.10. The molecule has 2 aliphatic heterocycles. The van der Waals surface area contributed by atoms with Gasteiger partial charge >= 0.3 is 12.0 Å². The molecule has 21 nitrogen and oxygen atoms in total. The van der Waals surface area contributed by atoms with Crippen LogP contribution < -0.4 is 21.3 Å². The van der Waals surface area contributed by atoms with Crippen LogP contribution in [0.3, 0.4) is 0 Å². The second kappa shape index (κ2) is 25.5. The summed E-state index contributed by atoms with van der Waals surface area (Å²) in [6.07, 6.45) is 1.05. The highest BCUT2D eigenvalue weighted by Gasteiger charge is 2.48. The zero-order valence-corrected chi connectivity index (χ0v) is 34.7. The first kappa shape index (κ1) is 49.3. The Morgan fingerprint density at radius 3 is 2.08 bits per heavy atom. The molecule has 334 valence electrons. The van der Waals surface area contributed by atoms with Gasteiger partial charge in [0.1, 0.15) is 43.5 Å². The number of ether oxygens (including phenoxy) is 5. The van der Waals surface area contributed by atoms with E-state index in [1.807, 2.05) is 0 Å². The molecule has 7 amide bonds. The van der Waals surface area contributed by atoms with Crippen molar-refractivity contribution >= 4 is 41.5 Å². The highest BCUT2D eigenvalue weighted by atomic mass is 16.6. The van der Waals surface area contributed by atoms with E-state index in [9.17, 15) is 43.6 Å². The van der Waals surface area contributed by atoms with Gasteiger partial charge in [-0.3, -0.25) is 28.8 Å². The van der Waals surface area contributed by atoms with E-state index in [2.05, 4.69) is 26.4 Å². The van der Waals surface area contributed by atoms with Gasteiger partial charge in [0.15, 0.2) is 0 Å². The SMILES string of the molecule is CN(CC(=O)N[C@@H]1C(=O)N2[C@@H](CC[C@@H]1CO)CC[C@H]2C(=O)N[C@H](C(=O)NCCOCCOCCOCCNC(=O)COCC(=O)N=O)c1ccccc1)C(=O)OC(C)(C)C. The van der Waals surface area contributed by atoms with E-state index in [0.29, 0.717) is 31.2 Å². The highest BCUT2D eigenvalue weighted by molar-refractivity contribution is 5.96. The minimum absolute atomic E-state index is 0.130. The van der Waals surface area contributed by atoms with Crippen molar-refractivity contribution < 1.29 is 62.4 Å². The second-order valence-corrected chi connectivity index (χ2v) is 15.2. The van der Waals surface area contributed by atoms with Crippen LogP contribution >= 0.6 is 0 Å². The average Bonchev–Trinajstić information content (AvgIpc) is 3.59. The van der Waals surface area contributed by atoms with Gasteiger partial charge in [-0.25, -0.2) is 4.79 Å². The Labute approximate surface area is 348 Å². The molecule has 3 rings (SSSR count). The van der Waals surface area contributed by atoms with Crippen molar-refractivity contribution in [3.05, 3.63) is 40.8 Å². The van der Waals surface area contributed by atoms with Crippen LogP contribution in [0.2, 0.25) is 0 Å². The van der Waals surface area contributed by atoms with E-state index in [0.717, 1.165) is 4.90 Å². The number of aliphatic hydroxyl groups is 1. The molecule has 0 bridgehead atoms. The Morgan fingerprint density at radius 2 is 1.47 bits per heavy atom. The number of amides is 7. The van der Waals surface area contributed by atoms with Crippen LogP contribution in [0.1, 0.15) is 58.1 Å². The van der Waals surface area contributed by atoms with Crippen LogP contribution in [0.25, 0.3) is 0 Å². The largest absolute Gasteiger partial charge is 0.444 e. The number of carbonyl (C=O) groups excluding carboxylic acids is 7. The lowest BCUT2D eigenvalue weighted by atomic mass is 9.94. The van der Waals surface area contributed by atoms with Gasteiger partial charge in [0, 0.05) is 43.9 Å². The number of rotatable bonds is 24. The van der Waals surface area contributed by atoms with E-state index in [4.69, 9.17) is 23.7 Å². The van der Waals surface area contributed by atoms with E-state index >= 15 is 0 Å². The van der Waals surface area contributed by atoms with E-state index in [-0.39, 0.29) is 72.0 Å². The summed E-state index contributed by atoms with van der Waals surface area (Å²) >= 11 is 0. The van der Waals surface area contributed by atoms with Gasteiger partial charge in [-0.2, -0.15) is 0 Å². The number of nitroso groups, excluding NO2 is 1. The van der Waals surface area contributed by atoms with Gasteiger partial charge in [-0.05, 0) is 52.0 Å². The molecule has 1 aromatic rings. The van der Waals surface area contributed by atoms with Gasteiger partial charge in [-0.15, -0.1) is 4.91 Å². The van der Waals surface area contributed by atoms with Crippen molar-refractivity contribution in [2.24, 2.45) is 11.1 Å². The summed E-state index contributed by atoms with van der Waals surface area (Å²) in [4.78, 5) is 102. The van der Waals surface area contributed by atoms with Crippen molar-refractivity contribution in [1.29, 1.82) is 0 Å². The Hall–Kier alpha value is -5.09. The minimum atomic E-state index is -1.14. The lowest BCUT2D eigenvalue weighted by Gasteiger charge is -2.33. The number of benzene rings is 1. The molecule has 0 saturated carbocycles. The van der Waals surface area contributed by atoms with Crippen molar-refractivity contribution in [2.75, 3.05) is 86.1 Å². The molecule has 5 N–H and O–H groups in total. The molecule has 0 aliphatic carbocycles. The zero-order chi connectivity index (χ0) is 44.1. The lowest BCUT2D eigenvalue weighted by Crippen LogP contribution is -2.58. The molecule has 5 atom stereocenters. The van der Waals surface area contributed by atoms with E-state index in [1.165, 1.54) is 11.9 Å². The monoisotopic (exact) mass is 849 g/mol. The summed E-state index contributed by atoms with van der Waals surface area (Å²) in [5.41, 5.74) is -0.254. The summed E-state index contributed by atoms with van der Waals surface area (Å²) in [6, 6.07) is 5.17. The first-order valence-corrected chi connectivity index (χ1v) is 19.9. The first-order chi connectivity index (χ1) is 28.6. The number of nitrogens with zero attached hydrogens (tertiary/aromatic N) is 3. The Bertz CT molecular complexity index is 1590. The number of likely N-dealkylation sites (N-methyl/N-ethyl adjacent to an activating group) is 1. The fourth-order valence-corrected chi connectivity index (χ4v) is 6.55. The Morgan fingerprint density at radius 1 is 0.850 bits per heavy atom. The maximum Gasteiger partial charge on any atom is 0.410 e. The van der Waals surface area contributed by atoms with Crippen LogP contribution in [-0.2, 0) is 52.5 Å². The smallest absolute Gasteiger partial charge is 0.410 e. The summed E-state index contributed by atoms with van der Waals surface area (Å²) in [7, 11) is 1.40. The molecule has 0 unspecified atom stereocenters. The van der Waals surface area contributed by atoms with Crippen molar-refractivity contribution in [3.8, 4) is 0 Å². The summed E-state index contributed by atoms with van der Waals surface area (Å²) < 4.78 is 26.4. The van der Waals surface area contributed by atoms with Crippen LogP contribution in [0.5, 0.6) is 0 Å². The second-order valence-electron chi connectivity index (χ2n) is 15.2. The quantitative estimate of drug-likeness (QED) is 0.0652. The fourth-order valence-electron chi connectivity index (χ4n) is 6.55. The van der Waals surface area contributed by atoms with Crippen molar-refractivity contribution in [1.82, 2.24) is 31.1 Å². The third kappa shape index (κ3) is 16.9. The number of hydrogen-bond donors (Lipinski definition) is 5. The van der Waals surface area contributed by atoms with Crippen molar-refractivity contribution in [3.63, 3.8) is 0 Å². The molecule has 2 heterocycles. The molecule has 60 heavy (non-hydrogen) atoms. The topological polar surface area (TPSA) is 270 Å². The molecule has 0 spiro atoms. The Balaban J connectivity index is 1.45. The summed E-state index contributed by atoms with van der Waals surface area (Å²) in [5.74, 6) is -4.27. The first-order valence-electron chi connectivity index (χ1n) is 19.9. The maximum atomic E-state index is 14.1. The van der Waals surface area contributed by atoms with Crippen LogP contribution in [-0.4, -0.2) is 166 Å². The van der Waals surface area contributed by atoms with Gasteiger partial charge < -0.3 is 59.9 Å².